The molecule has 28 heavy (non-hydrogen) atoms. The van der Waals surface area contributed by atoms with Crippen LogP contribution in [0.5, 0.6) is 0 Å². The molecule has 0 heterocycles. The molecule has 4 fully saturated rings. The zero-order valence-electron chi connectivity index (χ0n) is 18.1. The smallest absolute Gasteiger partial charge is 0.132 e. The lowest BCUT2D eigenvalue weighted by Gasteiger charge is -2.61. The molecule has 0 radical (unpaired) electrons. The second kappa shape index (κ2) is 9.84. The van der Waals surface area contributed by atoms with Gasteiger partial charge in [-0.05, 0) is 69.6 Å². The van der Waals surface area contributed by atoms with Gasteiger partial charge in [-0.2, -0.15) is 0 Å². The Morgan fingerprint density at radius 2 is 1.18 bits per heavy atom. The van der Waals surface area contributed by atoms with Crippen LogP contribution in [0.3, 0.4) is 0 Å². The van der Waals surface area contributed by atoms with Crippen molar-refractivity contribution in [1.82, 2.24) is 0 Å². The number of carbonyl (C=O) groups excluding carboxylic acids is 2. The standard InChI is InChI=1S/C24H40O4/c1-3-21(25)9-5-7-11-27-23-14-19-13-20(15-23)17-24(16-19,18-23)28-12-8-6-10-22(26)4-2/h19-20H,3-18H2,1-2H3. The number of ketones is 2. The fourth-order valence-electron chi connectivity index (χ4n) is 6.21. The Hall–Kier alpha value is -0.740. The van der Waals surface area contributed by atoms with E-state index in [1.165, 1.54) is 32.1 Å². The summed E-state index contributed by atoms with van der Waals surface area (Å²) in [4.78, 5) is 22.9. The fourth-order valence-corrected chi connectivity index (χ4v) is 6.21. The Labute approximate surface area is 171 Å². The van der Waals surface area contributed by atoms with Crippen LogP contribution < -0.4 is 0 Å². The summed E-state index contributed by atoms with van der Waals surface area (Å²) >= 11 is 0. The van der Waals surface area contributed by atoms with Crippen molar-refractivity contribution in [3.05, 3.63) is 0 Å². The minimum Gasteiger partial charge on any atom is -0.375 e. The number of carbonyl (C=O) groups is 2. The molecule has 0 N–H and O–H groups in total. The van der Waals surface area contributed by atoms with Crippen LogP contribution >= 0.6 is 0 Å². The van der Waals surface area contributed by atoms with Crippen LogP contribution in [0.15, 0.2) is 0 Å². The molecule has 0 saturated heterocycles. The zero-order valence-corrected chi connectivity index (χ0v) is 18.1. The largest absolute Gasteiger partial charge is 0.375 e. The third-order valence-corrected chi connectivity index (χ3v) is 7.26. The molecule has 4 rings (SSSR count). The SMILES string of the molecule is CCC(=O)CCCCOC12CC3CC(C1)CC(OCCCCC(=O)CC)(C3)C2. The Bertz CT molecular complexity index is 483. The van der Waals surface area contributed by atoms with E-state index in [9.17, 15) is 9.59 Å². The van der Waals surface area contributed by atoms with Crippen LogP contribution in [0, 0.1) is 11.8 Å². The molecule has 0 aromatic rings. The Kier molecular flexibility index (Phi) is 7.72. The molecule has 4 aliphatic rings. The van der Waals surface area contributed by atoms with Gasteiger partial charge in [-0.3, -0.25) is 9.59 Å². The van der Waals surface area contributed by atoms with Gasteiger partial charge in [0.15, 0.2) is 0 Å². The predicted octanol–water partition coefficient (Wildman–Crippen LogP) is 5.41. The van der Waals surface area contributed by atoms with Crippen molar-refractivity contribution in [2.75, 3.05) is 13.2 Å². The normalized spacial score (nSPS) is 33.4. The van der Waals surface area contributed by atoms with E-state index in [0.29, 0.717) is 37.2 Å². The zero-order chi connectivity index (χ0) is 20.0. The maximum absolute atomic E-state index is 11.5. The van der Waals surface area contributed by atoms with Crippen LogP contribution in [0.25, 0.3) is 0 Å². The van der Waals surface area contributed by atoms with E-state index < -0.39 is 0 Å². The molecular formula is C24H40O4. The van der Waals surface area contributed by atoms with Gasteiger partial charge in [0.1, 0.15) is 11.6 Å². The summed E-state index contributed by atoms with van der Waals surface area (Å²) in [6, 6.07) is 0. The van der Waals surface area contributed by atoms with Crippen molar-refractivity contribution < 1.29 is 19.1 Å². The third-order valence-electron chi connectivity index (χ3n) is 7.26. The number of hydrogen-bond acceptors (Lipinski definition) is 4. The van der Waals surface area contributed by atoms with Gasteiger partial charge < -0.3 is 9.47 Å². The van der Waals surface area contributed by atoms with Gasteiger partial charge in [0, 0.05) is 45.3 Å². The van der Waals surface area contributed by atoms with Crippen molar-refractivity contribution in [1.29, 1.82) is 0 Å². The molecule has 0 aromatic heterocycles. The summed E-state index contributed by atoms with van der Waals surface area (Å²) in [5, 5.41) is 0. The molecule has 0 aromatic carbocycles. The van der Waals surface area contributed by atoms with Crippen molar-refractivity contribution >= 4 is 11.6 Å². The van der Waals surface area contributed by atoms with E-state index in [1.54, 1.807) is 0 Å². The minimum atomic E-state index is 0.0248. The Morgan fingerprint density at radius 3 is 1.57 bits per heavy atom. The highest BCUT2D eigenvalue weighted by molar-refractivity contribution is 5.78. The third kappa shape index (κ3) is 5.66. The molecule has 0 spiro atoms. The van der Waals surface area contributed by atoms with E-state index in [4.69, 9.17) is 9.47 Å². The lowest BCUT2D eigenvalue weighted by atomic mass is 9.52. The molecule has 4 saturated carbocycles. The highest BCUT2D eigenvalue weighted by atomic mass is 16.5. The quantitative estimate of drug-likeness (QED) is 0.371. The summed E-state index contributed by atoms with van der Waals surface area (Å²) in [5.74, 6) is 2.24. The molecule has 160 valence electrons. The highest BCUT2D eigenvalue weighted by Crippen LogP contribution is 2.60. The van der Waals surface area contributed by atoms with E-state index in [-0.39, 0.29) is 11.2 Å². The molecule has 0 aliphatic heterocycles. The van der Waals surface area contributed by atoms with Crippen LogP contribution in [0.4, 0.5) is 0 Å². The first-order valence-electron chi connectivity index (χ1n) is 11.8. The predicted molar refractivity (Wildman–Crippen MR) is 110 cm³/mol. The monoisotopic (exact) mass is 392 g/mol. The average Bonchev–Trinajstić information content (AvgIpc) is 2.65. The number of hydrogen-bond donors (Lipinski definition) is 0. The maximum Gasteiger partial charge on any atom is 0.132 e. The molecular weight excluding hydrogens is 352 g/mol. The lowest BCUT2D eigenvalue weighted by molar-refractivity contribution is -0.237. The van der Waals surface area contributed by atoms with Crippen LogP contribution in [-0.2, 0) is 19.1 Å². The van der Waals surface area contributed by atoms with Crippen LogP contribution in [0.2, 0.25) is 0 Å². The van der Waals surface area contributed by atoms with Gasteiger partial charge in [0.2, 0.25) is 0 Å². The first-order chi connectivity index (χ1) is 13.5. The van der Waals surface area contributed by atoms with Gasteiger partial charge in [0.05, 0.1) is 11.2 Å². The minimum absolute atomic E-state index is 0.0248. The van der Waals surface area contributed by atoms with Gasteiger partial charge in [0.25, 0.3) is 0 Å². The average molecular weight is 393 g/mol. The Balaban J connectivity index is 1.44. The molecule has 4 nitrogen and oxygen atoms in total. The maximum atomic E-state index is 11.5. The molecule has 4 aliphatic carbocycles. The highest BCUT2D eigenvalue weighted by Gasteiger charge is 2.59. The van der Waals surface area contributed by atoms with Gasteiger partial charge in [-0.15, -0.1) is 0 Å². The topological polar surface area (TPSA) is 52.6 Å². The van der Waals surface area contributed by atoms with Crippen molar-refractivity contribution in [2.45, 2.75) is 115 Å². The molecule has 0 unspecified atom stereocenters. The number of rotatable bonds is 14. The van der Waals surface area contributed by atoms with Gasteiger partial charge in [-0.1, -0.05) is 13.8 Å². The molecule has 0 atom stereocenters. The Morgan fingerprint density at radius 1 is 0.750 bits per heavy atom. The van der Waals surface area contributed by atoms with E-state index in [1.807, 2.05) is 13.8 Å². The second-order valence-corrected chi connectivity index (χ2v) is 9.72. The van der Waals surface area contributed by atoms with Gasteiger partial charge in [-0.25, -0.2) is 0 Å². The summed E-state index contributed by atoms with van der Waals surface area (Å²) in [7, 11) is 0. The van der Waals surface area contributed by atoms with Crippen molar-refractivity contribution in [2.24, 2.45) is 11.8 Å². The first-order valence-corrected chi connectivity index (χ1v) is 11.8. The number of ether oxygens (including phenoxy) is 2. The van der Waals surface area contributed by atoms with Crippen molar-refractivity contribution in [3.63, 3.8) is 0 Å². The van der Waals surface area contributed by atoms with E-state index in [0.717, 1.165) is 57.2 Å². The summed E-state index contributed by atoms with van der Waals surface area (Å²) in [6.45, 7) is 5.45. The molecule has 0 amide bonds. The van der Waals surface area contributed by atoms with E-state index in [2.05, 4.69) is 0 Å². The van der Waals surface area contributed by atoms with Crippen LogP contribution in [0.1, 0.15) is 104 Å². The van der Waals surface area contributed by atoms with E-state index >= 15 is 0 Å². The van der Waals surface area contributed by atoms with Gasteiger partial charge >= 0.3 is 0 Å². The summed E-state index contributed by atoms with van der Waals surface area (Å²) in [5.41, 5.74) is 0.0497. The fraction of sp³-hybridized carbons (Fsp3) is 0.917. The lowest BCUT2D eigenvalue weighted by Crippen LogP contribution is -2.61. The summed E-state index contributed by atoms with van der Waals surface area (Å²) in [6.07, 6.45) is 13.8. The number of unbranched alkanes of at least 4 members (excludes halogenated alkanes) is 2. The van der Waals surface area contributed by atoms with Crippen molar-refractivity contribution in [3.8, 4) is 0 Å². The summed E-state index contributed by atoms with van der Waals surface area (Å²) < 4.78 is 13.0. The number of Topliss-reactive ketones (excluding diaryl/α,β-unsaturated/α-hetero) is 2. The second-order valence-electron chi connectivity index (χ2n) is 9.72. The first kappa shape index (κ1) is 22.0. The molecule has 4 heteroatoms. The van der Waals surface area contributed by atoms with Crippen LogP contribution in [-0.4, -0.2) is 36.0 Å². The molecule has 4 bridgehead atoms.